The van der Waals surface area contributed by atoms with Gasteiger partial charge < -0.3 is 37.4 Å². The van der Waals surface area contributed by atoms with Gasteiger partial charge in [0.2, 0.25) is 11.8 Å². The molecule has 8 N–H and O–H groups in total. The Hall–Kier alpha value is -6.06. The molecule has 6 rings (SSSR count). The minimum Gasteiger partial charge on any atom is -0.477 e. The molecule has 0 saturated carbocycles. The summed E-state index contributed by atoms with van der Waals surface area (Å²) < 4.78 is 0. The number of carbonyl (C=O) groups excluding carboxylic acids is 3. The van der Waals surface area contributed by atoms with E-state index in [2.05, 4.69) is 29.1 Å². The molecule has 0 aliphatic carbocycles. The van der Waals surface area contributed by atoms with Gasteiger partial charge in [0.25, 0.3) is 5.91 Å². The average molecular weight is 839 g/mol. The van der Waals surface area contributed by atoms with Crippen LogP contribution < -0.4 is 22.5 Å². The van der Waals surface area contributed by atoms with Crippen LogP contribution in [0.2, 0.25) is 0 Å². The van der Waals surface area contributed by atoms with Gasteiger partial charge in [-0.05, 0) is 74.2 Å². The molecule has 0 saturated heterocycles. The highest BCUT2D eigenvalue weighted by Crippen LogP contribution is 2.36. The normalized spacial score (nSPS) is 12.7. The van der Waals surface area contributed by atoms with Crippen molar-refractivity contribution in [2.75, 3.05) is 37.2 Å². The third kappa shape index (κ3) is 13.5. The van der Waals surface area contributed by atoms with Crippen molar-refractivity contribution < 1.29 is 24.3 Å². The molecule has 0 atom stereocenters. The number of nitrogens with two attached hydrogens (primary N) is 3. The molecule has 0 bridgehead atoms. The molecule has 15 heteroatoms. The Morgan fingerprint density at radius 1 is 0.644 bits per heavy atom. The van der Waals surface area contributed by atoms with Gasteiger partial charge >= 0.3 is 5.97 Å². The summed E-state index contributed by atoms with van der Waals surface area (Å²) in [5.74, 6) is -0.567. The second-order valence-electron chi connectivity index (χ2n) is 13.7. The molecule has 2 aliphatic rings. The first-order chi connectivity index (χ1) is 28.4. The highest BCUT2D eigenvalue weighted by atomic mass is 32.1. The van der Waals surface area contributed by atoms with E-state index in [9.17, 15) is 19.2 Å². The Morgan fingerprint density at radius 3 is 1.44 bits per heavy atom. The van der Waals surface area contributed by atoms with Crippen molar-refractivity contribution in [1.82, 2.24) is 9.80 Å². The summed E-state index contributed by atoms with van der Waals surface area (Å²) in [6, 6.07) is 22.0. The van der Waals surface area contributed by atoms with Gasteiger partial charge in [0.15, 0.2) is 0 Å². The van der Waals surface area contributed by atoms with Crippen LogP contribution in [-0.2, 0) is 9.59 Å². The van der Waals surface area contributed by atoms with Gasteiger partial charge in [-0.1, -0.05) is 64.1 Å². The summed E-state index contributed by atoms with van der Waals surface area (Å²) in [6.07, 6.45) is 7.74. The Kier molecular flexibility index (Phi) is 17.6. The van der Waals surface area contributed by atoms with Gasteiger partial charge in [0.1, 0.15) is 16.5 Å². The number of para-hydroxylation sites is 2. The molecule has 3 amide bonds. The summed E-state index contributed by atoms with van der Waals surface area (Å²) in [5, 5.41) is 12.0. The van der Waals surface area contributed by atoms with E-state index in [1.807, 2.05) is 90.4 Å². The number of carboxylic acid groups (broad SMARTS) is 1. The zero-order valence-electron chi connectivity index (χ0n) is 34.1. The van der Waals surface area contributed by atoms with Crippen molar-refractivity contribution >= 4 is 92.9 Å². The van der Waals surface area contributed by atoms with Gasteiger partial charge in [0, 0.05) is 61.5 Å². The number of amides is 3. The lowest BCUT2D eigenvalue weighted by atomic mass is 10.1. The SMILES string of the molecule is CCCN(CCC)C(=O)C1=Cc2sc(C(=O)Nc3ccccc3)cc2N=C(N)C1.CCCN(CCC)C(=O)C1=Cc2sc(C(=O)O)cc2N=C(N)C1.Nc1ccccc1. The van der Waals surface area contributed by atoms with Gasteiger partial charge in [0.05, 0.1) is 26.0 Å². The minimum atomic E-state index is -1.00. The number of thiophene rings is 2. The van der Waals surface area contributed by atoms with Crippen LogP contribution in [0.1, 0.15) is 95.3 Å². The van der Waals surface area contributed by atoms with E-state index in [1.165, 1.54) is 17.4 Å². The van der Waals surface area contributed by atoms with Crippen LogP contribution in [0.4, 0.5) is 22.7 Å². The summed E-state index contributed by atoms with van der Waals surface area (Å²) in [4.78, 5) is 64.1. The lowest BCUT2D eigenvalue weighted by molar-refractivity contribution is -0.128. The van der Waals surface area contributed by atoms with Crippen LogP contribution in [0.3, 0.4) is 0 Å². The topological polar surface area (TPSA) is 210 Å². The minimum absolute atomic E-state index is 0.0108. The number of aromatic carboxylic acids is 1. The Morgan fingerprint density at radius 2 is 1.05 bits per heavy atom. The fourth-order valence-corrected chi connectivity index (χ4v) is 8.01. The maximum Gasteiger partial charge on any atom is 0.345 e. The number of amidine groups is 2. The molecule has 312 valence electrons. The number of hydrogen-bond acceptors (Lipinski definition) is 11. The van der Waals surface area contributed by atoms with Gasteiger partial charge in [-0.25, -0.2) is 14.8 Å². The molecule has 0 spiro atoms. The van der Waals surface area contributed by atoms with Crippen LogP contribution in [0.5, 0.6) is 0 Å². The number of benzene rings is 2. The molecule has 4 aromatic rings. The molecular weight excluding hydrogens is 785 g/mol. The van der Waals surface area contributed by atoms with Crippen LogP contribution in [0, 0.1) is 0 Å². The van der Waals surface area contributed by atoms with Crippen molar-refractivity contribution in [3.8, 4) is 0 Å². The number of nitrogen functional groups attached to an aromatic ring is 1. The molecule has 2 aromatic carbocycles. The van der Waals surface area contributed by atoms with Crippen LogP contribution >= 0.6 is 22.7 Å². The van der Waals surface area contributed by atoms with Gasteiger partial charge in [-0.3, -0.25) is 14.4 Å². The summed E-state index contributed by atoms with van der Waals surface area (Å²) in [5.41, 5.74) is 21.2. The first-order valence-electron chi connectivity index (χ1n) is 19.7. The number of anilines is 2. The molecule has 2 aromatic heterocycles. The molecule has 13 nitrogen and oxygen atoms in total. The molecule has 0 radical (unpaired) electrons. The quantitative estimate of drug-likeness (QED) is 0.0822. The van der Waals surface area contributed by atoms with Gasteiger partial charge in [-0.2, -0.15) is 0 Å². The molecule has 2 aliphatic heterocycles. The number of fused-ring (bicyclic) bond motifs is 2. The number of carboxylic acids is 1. The van der Waals surface area contributed by atoms with E-state index >= 15 is 0 Å². The summed E-state index contributed by atoms with van der Waals surface area (Å²) in [7, 11) is 0. The average Bonchev–Trinajstić information content (AvgIpc) is 3.71. The number of carbonyl (C=O) groups is 4. The van der Waals surface area contributed by atoms with E-state index in [1.54, 1.807) is 12.1 Å². The molecule has 0 unspecified atom stereocenters. The number of nitrogens with one attached hydrogen (secondary N) is 1. The largest absolute Gasteiger partial charge is 0.477 e. The van der Waals surface area contributed by atoms with E-state index in [4.69, 9.17) is 22.3 Å². The Bertz CT molecular complexity index is 2180. The van der Waals surface area contributed by atoms with E-state index in [0.717, 1.165) is 53.3 Å². The fourth-order valence-electron chi connectivity index (χ4n) is 6.14. The van der Waals surface area contributed by atoms with E-state index < -0.39 is 5.97 Å². The highest BCUT2D eigenvalue weighted by Gasteiger charge is 2.24. The van der Waals surface area contributed by atoms with Crippen molar-refractivity contribution in [2.24, 2.45) is 21.5 Å². The lowest BCUT2D eigenvalue weighted by Gasteiger charge is -2.22. The standard InChI is InChI=1S/C22H26N4O2S.C16H21N3O3S.C6H7N/c1-3-10-26(11-4-2)22(28)15-12-18-17(25-20(23)13-15)14-19(29-18)21(27)24-16-8-6-5-7-9-16;1-3-5-19(6-4-2)15(20)10-7-12-11(18-14(17)8-10)9-13(23-12)16(21)22;7-6-4-2-1-3-5-6/h5-9,12,14H,3-4,10-11,13H2,1-2H3,(H2,23,25)(H,24,27);7,9H,3-6,8H2,1-2H3,(H2,17,18)(H,21,22);1-5H,7H2. The zero-order valence-corrected chi connectivity index (χ0v) is 35.7. The number of rotatable bonds is 13. The second-order valence-corrected chi connectivity index (χ2v) is 15.9. The van der Waals surface area contributed by atoms with Crippen molar-refractivity contribution in [3.63, 3.8) is 0 Å². The van der Waals surface area contributed by atoms with Crippen LogP contribution in [0.15, 0.2) is 93.9 Å². The molecule has 4 heterocycles. The fraction of sp³-hybridized carbons (Fsp3) is 0.318. The first kappa shape index (κ1) is 45.6. The van der Waals surface area contributed by atoms with E-state index in [-0.39, 0.29) is 29.0 Å². The molecule has 0 fully saturated rings. The predicted molar refractivity (Wildman–Crippen MR) is 243 cm³/mol. The highest BCUT2D eigenvalue weighted by molar-refractivity contribution is 7.15. The smallest absolute Gasteiger partial charge is 0.345 e. The van der Waals surface area contributed by atoms with Crippen molar-refractivity contribution in [2.45, 2.75) is 66.2 Å². The van der Waals surface area contributed by atoms with Crippen LogP contribution in [-0.4, -0.2) is 76.4 Å². The van der Waals surface area contributed by atoms with Gasteiger partial charge in [-0.15, -0.1) is 22.7 Å². The summed E-state index contributed by atoms with van der Waals surface area (Å²) >= 11 is 2.42. The third-order valence-corrected chi connectivity index (χ3v) is 10.9. The monoisotopic (exact) mass is 838 g/mol. The number of nitrogens with zero attached hydrogens (tertiary/aromatic N) is 4. The van der Waals surface area contributed by atoms with Crippen LogP contribution in [0.25, 0.3) is 12.2 Å². The molecular formula is C44H54N8O5S2. The third-order valence-electron chi connectivity index (χ3n) is 8.73. The number of hydrogen-bond donors (Lipinski definition) is 5. The Balaban J connectivity index is 0.000000227. The lowest BCUT2D eigenvalue weighted by Crippen LogP contribution is -2.34. The molecule has 59 heavy (non-hydrogen) atoms. The first-order valence-corrected chi connectivity index (χ1v) is 21.3. The van der Waals surface area contributed by atoms with E-state index in [0.29, 0.717) is 76.5 Å². The maximum absolute atomic E-state index is 13.0. The Labute approximate surface area is 354 Å². The predicted octanol–water partition coefficient (Wildman–Crippen LogP) is 8.56. The van der Waals surface area contributed by atoms with Crippen molar-refractivity contribution in [1.29, 1.82) is 0 Å². The van der Waals surface area contributed by atoms with Crippen molar-refractivity contribution in [3.05, 3.63) is 103 Å². The number of aliphatic imine (C=N–C) groups is 2. The zero-order chi connectivity index (χ0) is 42.9. The maximum atomic E-state index is 13.0. The second kappa shape index (κ2) is 22.8. The summed E-state index contributed by atoms with van der Waals surface area (Å²) in [6.45, 7) is 11.0.